The molecule has 7 nitrogen and oxygen atoms in total. The van der Waals surface area contributed by atoms with Gasteiger partial charge in [-0.2, -0.15) is 0 Å². The first-order valence-corrected chi connectivity index (χ1v) is 13.5. The lowest BCUT2D eigenvalue weighted by Gasteiger charge is -2.42. The lowest BCUT2D eigenvalue weighted by Crippen LogP contribution is -2.62. The van der Waals surface area contributed by atoms with Crippen molar-refractivity contribution in [2.24, 2.45) is 0 Å². The summed E-state index contributed by atoms with van der Waals surface area (Å²) < 4.78 is 10.8. The number of benzene rings is 3. The molecule has 2 aliphatic rings. The summed E-state index contributed by atoms with van der Waals surface area (Å²) in [5.41, 5.74) is 1.97. The van der Waals surface area contributed by atoms with E-state index in [9.17, 15) is 9.59 Å². The number of carbonyl (C=O) groups excluding carboxylic acids is 2. The molecular formula is C32H37N3O4. The maximum absolute atomic E-state index is 14.0. The first kappa shape index (κ1) is 26.8. The maximum Gasteiger partial charge on any atom is 0.242 e. The average molecular weight is 528 g/mol. The molecule has 1 N–H and O–H groups in total. The Morgan fingerprint density at radius 1 is 0.897 bits per heavy atom. The normalized spacial score (nSPS) is 20.6. The molecule has 2 fully saturated rings. The highest BCUT2D eigenvalue weighted by Crippen LogP contribution is 2.42. The molecule has 7 heteroatoms. The van der Waals surface area contributed by atoms with E-state index in [4.69, 9.17) is 9.47 Å². The largest absolute Gasteiger partial charge is 0.493 e. The van der Waals surface area contributed by atoms with E-state index in [1.807, 2.05) is 83.8 Å². The molecule has 1 unspecified atom stereocenters. The minimum Gasteiger partial charge on any atom is -0.493 e. The third-order valence-electron chi connectivity index (χ3n) is 8.14. The number of nitrogens with zero attached hydrogens (tertiary/aromatic N) is 2. The first-order valence-electron chi connectivity index (χ1n) is 13.5. The van der Waals surface area contributed by atoms with Gasteiger partial charge in [-0.1, -0.05) is 66.7 Å². The van der Waals surface area contributed by atoms with E-state index in [0.29, 0.717) is 44.1 Å². The molecule has 0 aromatic heterocycles. The quantitative estimate of drug-likeness (QED) is 0.484. The summed E-state index contributed by atoms with van der Waals surface area (Å²) in [6, 6.07) is 25.8. The van der Waals surface area contributed by atoms with Crippen molar-refractivity contribution in [1.29, 1.82) is 0 Å². The fourth-order valence-electron chi connectivity index (χ4n) is 6.16. The molecule has 39 heavy (non-hydrogen) atoms. The number of amides is 2. The zero-order chi connectivity index (χ0) is 27.5. The van der Waals surface area contributed by atoms with E-state index >= 15 is 0 Å². The summed E-state index contributed by atoms with van der Waals surface area (Å²) in [7, 11) is 3.26. The molecule has 2 heterocycles. The average Bonchev–Trinajstić information content (AvgIpc) is 3.29. The molecule has 0 bridgehead atoms. The number of carbonyl (C=O) groups is 2. The van der Waals surface area contributed by atoms with Crippen LogP contribution in [0.4, 0.5) is 0 Å². The van der Waals surface area contributed by atoms with Crippen molar-refractivity contribution < 1.29 is 19.1 Å². The van der Waals surface area contributed by atoms with Crippen LogP contribution in [0.1, 0.15) is 30.0 Å². The Hall–Kier alpha value is -3.84. The first-order chi connectivity index (χ1) is 18.9. The Labute approximate surface area is 230 Å². The second-order valence-electron chi connectivity index (χ2n) is 10.8. The summed E-state index contributed by atoms with van der Waals surface area (Å²) in [6.07, 6.45) is 1.37. The lowest BCUT2D eigenvalue weighted by molar-refractivity contribution is -0.141. The van der Waals surface area contributed by atoms with Crippen LogP contribution in [-0.2, 0) is 21.4 Å². The second kappa shape index (κ2) is 11.1. The Morgan fingerprint density at radius 2 is 1.54 bits per heavy atom. The summed E-state index contributed by atoms with van der Waals surface area (Å²) >= 11 is 0. The van der Waals surface area contributed by atoms with Crippen LogP contribution in [0.25, 0.3) is 0 Å². The molecule has 0 saturated carbocycles. The molecule has 0 spiro atoms. The fraction of sp³-hybridized carbons (Fsp3) is 0.375. The topological polar surface area (TPSA) is 71.1 Å². The maximum atomic E-state index is 14.0. The third-order valence-corrected chi connectivity index (χ3v) is 8.14. The second-order valence-corrected chi connectivity index (χ2v) is 10.8. The van der Waals surface area contributed by atoms with E-state index in [0.717, 1.165) is 23.1 Å². The Bertz CT molecular complexity index is 1270. The monoisotopic (exact) mass is 527 g/mol. The number of nitrogens with one attached hydrogen (secondary N) is 1. The van der Waals surface area contributed by atoms with Gasteiger partial charge < -0.3 is 24.6 Å². The van der Waals surface area contributed by atoms with Crippen LogP contribution in [0.15, 0.2) is 78.9 Å². The molecule has 3 aromatic rings. The van der Waals surface area contributed by atoms with Crippen LogP contribution in [0.5, 0.6) is 11.5 Å². The van der Waals surface area contributed by atoms with E-state index < -0.39 is 5.41 Å². The Balaban J connectivity index is 1.30. The number of methoxy groups -OCH3 is 2. The molecule has 204 valence electrons. The minimum atomic E-state index is -0.770. The summed E-state index contributed by atoms with van der Waals surface area (Å²) in [5.74, 6) is 1.36. The van der Waals surface area contributed by atoms with Gasteiger partial charge >= 0.3 is 0 Å². The fourth-order valence-corrected chi connectivity index (χ4v) is 6.16. The van der Waals surface area contributed by atoms with Crippen molar-refractivity contribution >= 4 is 11.8 Å². The van der Waals surface area contributed by atoms with Crippen LogP contribution < -0.4 is 14.8 Å². The van der Waals surface area contributed by atoms with Gasteiger partial charge in [0.25, 0.3) is 0 Å². The van der Waals surface area contributed by atoms with Crippen molar-refractivity contribution in [1.82, 2.24) is 15.1 Å². The molecule has 0 aliphatic carbocycles. The lowest BCUT2D eigenvalue weighted by atomic mass is 9.73. The molecule has 5 rings (SSSR count). The molecule has 1 atom stereocenters. The van der Waals surface area contributed by atoms with Crippen molar-refractivity contribution in [3.63, 3.8) is 0 Å². The number of piperazine rings is 1. The smallest absolute Gasteiger partial charge is 0.242 e. The van der Waals surface area contributed by atoms with Gasteiger partial charge in [0.2, 0.25) is 11.8 Å². The van der Waals surface area contributed by atoms with E-state index in [1.165, 1.54) is 0 Å². The highest BCUT2D eigenvalue weighted by atomic mass is 16.5. The van der Waals surface area contributed by atoms with Gasteiger partial charge in [-0.05, 0) is 48.6 Å². The minimum absolute atomic E-state index is 0.00326. The van der Waals surface area contributed by atoms with E-state index in [2.05, 4.69) is 12.2 Å². The number of ether oxygens (including phenoxy) is 2. The van der Waals surface area contributed by atoms with Gasteiger partial charge in [-0.3, -0.25) is 9.59 Å². The zero-order valence-corrected chi connectivity index (χ0v) is 23.0. The van der Waals surface area contributed by atoms with Gasteiger partial charge in [-0.15, -0.1) is 0 Å². The number of rotatable bonds is 8. The van der Waals surface area contributed by atoms with Gasteiger partial charge in [-0.25, -0.2) is 0 Å². The highest BCUT2D eigenvalue weighted by molar-refractivity contribution is 5.96. The van der Waals surface area contributed by atoms with Crippen LogP contribution >= 0.6 is 0 Å². The molecule has 2 saturated heterocycles. The summed E-state index contributed by atoms with van der Waals surface area (Å²) in [5, 5.41) is 3.61. The van der Waals surface area contributed by atoms with Crippen molar-refractivity contribution in [2.75, 3.05) is 46.9 Å². The van der Waals surface area contributed by atoms with Crippen LogP contribution in [-0.4, -0.2) is 74.1 Å². The third kappa shape index (κ3) is 5.23. The van der Waals surface area contributed by atoms with Crippen molar-refractivity contribution in [2.45, 2.75) is 30.7 Å². The van der Waals surface area contributed by atoms with Crippen LogP contribution in [0, 0.1) is 0 Å². The Morgan fingerprint density at radius 3 is 2.15 bits per heavy atom. The predicted molar refractivity (Wildman–Crippen MR) is 151 cm³/mol. The molecule has 2 aliphatic heterocycles. The number of likely N-dealkylation sites (tertiary alicyclic amines) is 1. The molecule has 3 aromatic carbocycles. The van der Waals surface area contributed by atoms with E-state index in [1.54, 1.807) is 19.1 Å². The molecular weight excluding hydrogens is 490 g/mol. The summed E-state index contributed by atoms with van der Waals surface area (Å²) in [4.78, 5) is 31.3. The number of hydrogen-bond acceptors (Lipinski definition) is 5. The predicted octanol–water partition coefficient (Wildman–Crippen LogP) is 3.66. The SMILES string of the molecule is COc1ccc(CC2(C)CN(C(=O)CN3CCC(c4ccccc4)(c4ccccc4)C3=O)CCN2)cc1OC. The number of hydrogen-bond donors (Lipinski definition) is 1. The van der Waals surface area contributed by atoms with Gasteiger partial charge in [0.1, 0.15) is 5.41 Å². The van der Waals surface area contributed by atoms with Gasteiger partial charge in [0.15, 0.2) is 11.5 Å². The summed E-state index contributed by atoms with van der Waals surface area (Å²) in [6.45, 7) is 4.65. The van der Waals surface area contributed by atoms with Crippen molar-refractivity contribution in [3.8, 4) is 11.5 Å². The highest BCUT2D eigenvalue weighted by Gasteiger charge is 2.49. The molecule has 0 radical (unpaired) electrons. The zero-order valence-electron chi connectivity index (χ0n) is 23.0. The van der Waals surface area contributed by atoms with Crippen LogP contribution in [0.3, 0.4) is 0 Å². The van der Waals surface area contributed by atoms with E-state index in [-0.39, 0.29) is 23.9 Å². The van der Waals surface area contributed by atoms with Crippen molar-refractivity contribution in [3.05, 3.63) is 95.6 Å². The van der Waals surface area contributed by atoms with Gasteiger partial charge in [0.05, 0.1) is 20.8 Å². The standard InChI is InChI=1S/C32H37N3O4/c1-31(21-24-14-15-27(38-2)28(20-24)39-3)23-35(19-17-33-31)29(36)22-34-18-16-32(30(34)37,25-10-6-4-7-11-25)26-12-8-5-9-13-26/h4-15,20,33H,16-19,21-23H2,1-3H3. The Kier molecular flexibility index (Phi) is 7.62. The van der Waals surface area contributed by atoms with Gasteiger partial charge in [0, 0.05) is 31.7 Å². The van der Waals surface area contributed by atoms with Crippen LogP contribution in [0.2, 0.25) is 0 Å². The molecule has 2 amide bonds.